The molecule has 2 nitrogen and oxygen atoms in total. The number of nitrogens with zero attached hydrogens (tertiary/aromatic N) is 1. The van der Waals surface area contributed by atoms with Crippen LogP contribution in [-0.2, 0) is 6.42 Å². The Kier molecular flexibility index (Phi) is 6.24. The zero-order chi connectivity index (χ0) is 20.4. The summed E-state index contributed by atoms with van der Waals surface area (Å²) in [6.07, 6.45) is -5.98. The topological polar surface area (TPSA) is 44.0 Å². The van der Waals surface area contributed by atoms with E-state index in [-0.39, 0.29) is 16.1 Å². The minimum atomic E-state index is -4.82. The molecule has 1 N–H and O–H groups in total. The van der Waals surface area contributed by atoms with E-state index in [4.69, 9.17) is 16.9 Å². The molecule has 0 fully saturated rings. The van der Waals surface area contributed by atoms with Crippen LogP contribution in [0.2, 0.25) is 5.02 Å². The van der Waals surface area contributed by atoms with Crippen LogP contribution in [0.3, 0.4) is 0 Å². The standard InChI is InChI=1S/C21H21ClF3NO/c1-13-4-7-18(14(2)8-13)15(3)10-20(27,21(23,24)25)11-17-6-5-16(12-26)9-19(17)22/h4-9,15,27H,10-11H2,1-3H3. The molecular formula is C21H21ClF3NO. The van der Waals surface area contributed by atoms with Crippen molar-refractivity contribution in [1.29, 1.82) is 5.26 Å². The van der Waals surface area contributed by atoms with Gasteiger partial charge in [-0.25, -0.2) is 0 Å². The van der Waals surface area contributed by atoms with Gasteiger partial charge >= 0.3 is 6.18 Å². The summed E-state index contributed by atoms with van der Waals surface area (Å²) < 4.78 is 41.3. The molecule has 0 aliphatic carbocycles. The Hall–Kier alpha value is -2.03. The summed E-state index contributed by atoms with van der Waals surface area (Å²) in [5, 5.41) is 19.5. The number of nitriles is 1. The molecule has 27 heavy (non-hydrogen) atoms. The van der Waals surface area contributed by atoms with Crippen LogP contribution in [0.5, 0.6) is 0 Å². The fraction of sp³-hybridized carbons (Fsp3) is 0.381. The predicted molar refractivity (Wildman–Crippen MR) is 99.8 cm³/mol. The van der Waals surface area contributed by atoms with E-state index in [2.05, 4.69) is 0 Å². The van der Waals surface area contributed by atoms with Gasteiger partial charge in [0, 0.05) is 11.4 Å². The second-order valence-corrected chi connectivity index (χ2v) is 7.50. The second kappa shape index (κ2) is 7.92. The third-order valence-corrected chi connectivity index (χ3v) is 5.14. The number of benzene rings is 2. The monoisotopic (exact) mass is 395 g/mol. The molecule has 2 unspecified atom stereocenters. The van der Waals surface area contributed by atoms with Gasteiger partial charge in [0.25, 0.3) is 0 Å². The summed E-state index contributed by atoms with van der Waals surface area (Å²) in [4.78, 5) is 0. The Morgan fingerprint density at radius 1 is 1.15 bits per heavy atom. The molecule has 0 aromatic heterocycles. The minimum absolute atomic E-state index is 0.0379. The van der Waals surface area contributed by atoms with Crippen molar-refractivity contribution in [2.75, 3.05) is 0 Å². The highest BCUT2D eigenvalue weighted by Gasteiger charge is 2.54. The Bertz CT molecular complexity index is 873. The highest BCUT2D eigenvalue weighted by atomic mass is 35.5. The Morgan fingerprint density at radius 2 is 1.81 bits per heavy atom. The van der Waals surface area contributed by atoms with E-state index >= 15 is 0 Å². The van der Waals surface area contributed by atoms with Crippen molar-refractivity contribution < 1.29 is 18.3 Å². The smallest absolute Gasteiger partial charge is 0.380 e. The van der Waals surface area contributed by atoms with Crippen molar-refractivity contribution in [3.05, 3.63) is 69.2 Å². The first kappa shape index (κ1) is 21.3. The normalized spacial score (nSPS) is 15.1. The minimum Gasteiger partial charge on any atom is -0.380 e. The molecule has 0 saturated heterocycles. The van der Waals surface area contributed by atoms with Gasteiger partial charge in [-0.1, -0.05) is 48.4 Å². The fourth-order valence-electron chi connectivity index (χ4n) is 3.36. The van der Waals surface area contributed by atoms with Crippen LogP contribution < -0.4 is 0 Å². The molecule has 2 atom stereocenters. The fourth-order valence-corrected chi connectivity index (χ4v) is 3.61. The Balaban J connectivity index is 2.35. The molecule has 144 valence electrons. The number of aliphatic hydroxyl groups is 1. The highest BCUT2D eigenvalue weighted by Crippen LogP contribution is 2.42. The van der Waals surface area contributed by atoms with Gasteiger partial charge in [0.1, 0.15) is 0 Å². The van der Waals surface area contributed by atoms with Gasteiger partial charge in [-0.2, -0.15) is 18.4 Å². The van der Waals surface area contributed by atoms with Crippen LogP contribution in [0.1, 0.15) is 47.1 Å². The number of rotatable bonds is 5. The molecule has 0 aliphatic heterocycles. The third kappa shape index (κ3) is 4.82. The molecule has 2 aromatic carbocycles. The van der Waals surface area contributed by atoms with Gasteiger partial charge in [0.15, 0.2) is 5.60 Å². The van der Waals surface area contributed by atoms with Gasteiger partial charge in [-0.3, -0.25) is 0 Å². The summed E-state index contributed by atoms with van der Waals surface area (Å²) in [5.74, 6) is -0.505. The van der Waals surface area contributed by atoms with Crippen LogP contribution in [0.4, 0.5) is 13.2 Å². The van der Waals surface area contributed by atoms with Crippen LogP contribution >= 0.6 is 11.6 Å². The zero-order valence-electron chi connectivity index (χ0n) is 15.4. The van der Waals surface area contributed by atoms with E-state index in [1.165, 1.54) is 18.2 Å². The molecule has 0 heterocycles. The first-order valence-electron chi connectivity index (χ1n) is 8.51. The largest absolute Gasteiger partial charge is 0.417 e. The van der Waals surface area contributed by atoms with Crippen molar-refractivity contribution in [1.82, 2.24) is 0 Å². The van der Waals surface area contributed by atoms with Crippen LogP contribution in [-0.4, -0.2) is 16.9 Å². The van der Waals surface area contributed by atoms with Crippen molar-refractivity contribution in [2.24, 2.45) is 0 Å². The maximum absolute atomic E-state index is 13.8. The van der Waals surface area contributed by atoms with E-state index < -0.39 is 30.5 Å². The van der Waals surface area contributed by atoms with Gasteiger partial charge in [0.2, 0.25) is 0 Å². The first-order valence-corrected chi connectivity index (χ1v) is 8.89. The number of hydrogen-bond acceptors (Lipinski definition) is 2. The highest BCUT2D eigenvalue weighted by molar-refractivity contribution is 6.31. The van der Waals surface area contributed by atoms with Crippen molar-refractivity contribution in [2.45, 2.75) is 51.3 Å². The van der Waals surface area contributed by atoms with Crippen molar-refractivity contribution >= 4 is 11.6 Å². The number of halogens is 4. The second-order valence-electron chi connectivity index (χ2n) is 7.09. The molecule has 6 heteroatoms. The molecule has 2 aromatic rings. The summed E-state index contributed by atoms with van der Waals surface area (Å²) in [5.41, 5.74) is 0.171. The summed E-state index contributed by atoms with van der Waals surface area (Å²) in [6.45, 7) is 5.44. The number of aryl methyl sites for hydroxylation is 2. The lowest BCUT2D eigenvalue weighted by Gasteiger charge is -2.34. The van der Waals surface area contributed by atoms with Gasteiger partial charge in [-0.05, 0) is 55.0 Å². The van der Waals surface area contributed by atoms with Gasteiger partial charge < -0.3 is 5.11 Å². The van der Waals surface area contributed by atoms with Crippen LogP contribution in [0, 0.1) is 25.2 Å². The molecule has 0 saturated carbocycles. The van der Waals surface area contributed by atoms with Crippen molar-refractivity contribution in [3.63, 3.8) is 0 Å². The lowest BCUT2D eigenvalue weighted by Crippen LogP contribution is -2.48. The maximum Gasteiger partial charge on any atom is 0.417 e. The third-order valence-electron chi connectivity index (χ3n) is 4.79. The van der Waals surface area contributed by atoms with Crippen LogP contribution in [0.25, 0.3) is 0 Å². The Morgan fingerprint density at radius 3 is 2.33 bits per heavy atom. The first-order chi connectivity index (χ1) is 12.5. The lowest BCUT2D eigenvalue weighted by atomic mass is 9.81. The van der Waals surface area contributed by atoms with E-state index in [0.717, 1.165) is 16.7 Å². The molecule has 0 bridgehead atoms. The van der Waals surface area contributed by atoms with Gasteiger partial charge in [-0.15, -0.1) is 0 Å². The van der Waals surface area contributed by atoms with E-state index in [9.17, 15) is 18.3 Å². The SMILES string of the molecule is Cc1ccc(C(C)CC(O)(Cc2ccc(C#N)cc2Cl)C(F)(F)F)c(C)c1. The molecule has 0 radical (unpaired) electrons. The average molecular weight is 396 g/mol. The number of hydrogen-bond donors (Lipinski definition) is 1. The summed E-state index contributed by atoms with van der Waals surface area (Å²) in [7, 11) is 0. The summed E-state index contributed by atoms with van der Waals surface area (Å²) in [6, 6.07) is 11.5. The number of alkyl halides is 3. The predicted octanol–water partition coefficient (Wildman–Crippen LogP) is 5.86. The summed E-state index contributed by atoms with van der Waals surface area (Å²) >= 11 is 6.03. The molecular weight excluding hydrogens is 375 g/mol. The Labute approximate surface area is 162 Å². The van der Waals surface area contributed by atoms with Gasteiger partial charge in [0.05, 0.1) is 11.6 Å². The maximum atomic E-state index is 13.8. The quantitative estimate of drug-likeness (QED) is 0.689. The van der Waals surface area contributed by atoms with Crippen LogP contribution in [0.15, 0.2) is 36.4 Å². The molecule has 2 rings (SSSR count). The zero-order valence-corrected chi connectivity index (χ0v) is 16.1. The molecule has 0 aliphatic rings. The van der Waals surface area contributed by atoms with E-state index in [1.54, 1.807) is 13.0 Å². The van der Waals surface area contributed by atoms with E-state index in [0.29, 0.717) is 0 Å². The lowest BCUT2D eigenvalue weighted by molar-refractivity contribution is -0.263. The average Bonchev–Trinajstić information content (AvgIpc) is 2.55. The van der Waals surface area contributed by atoms with Crippen molar-refractivity contribution in [3.8, 4) is 6.07 Å². The molecule has 0 amide bonds. The molecule has 0 spiro atoms. The van der Waals surface area contributed by atoms with E-state index in [1.807, 2.05) is 32.0 Å².